The van der Waals surface area contributed by atoms with E-state index in [1.54, 1.807) is 4.90 Å². The second-order valence-corrected chi connectivity index (χ2v) is 8.15. The molecule has 0 saturated carbocycles. The van der Waals surface area contributed by atoms with Crippen LogP contribution in [0.1, 0.15) is 54.9 Å². The van der Waals surface area contributed by atoms with E-state index in [1.807, 2.05) is 41.5 Å². The minimum atomic E-state index is -0.498. The smallest absolute Gasteiger partial charge is 0.410 e. The molecule has 1 fully saturated rings. The molecule has 1 N–H and O–H groups in total. The summed E-state index contributed by atoms with van der Waals surface area (Å²) in [6.45, 7) is 14.5. The topological polar surface area (TPSA) is 58.6 Å². The standard InChI is InChI=1S/C16H30N2O3/c1-11-8-12(17-13(19)15(2,3)4)10-18(9-11)14(20)21-16(5,6)7/h11-12H,8-10H2,1-7H3,(H,17,19). The van der Waals surface area contributed by atoms with Crippen molar-refractivity contribution >= 4 is 12.0 Å². The van der Waals surface area contributed by atoms with Crippen LogP contribution in [0.3, 0.4) is 0 Å². The Labute approximate surface area is 128 Å². The first kappa shape index (κ1) is 17.8. The number of carbonyl (C=O) groups excluding carboxylic acids is 2. The normalized spacial score (nSPS) is 23.7. The van der Waals surface area contributed by atoms with Crippen molar-refractivity contribution < 1.29 is 14.3 Å². The number of carbonyl (C=O) groups is 2. The molecule has 0 spiro atoms. The Bertz CT molecular complexity index is 393. The van der Waals surface area contributed by atoms with E-state index in [0.717, 1.165) is 6.42 Å². The molecule has 1 rings (SSSR count). The highest BCUT2D eigenvalue weighted by Gasteiger charge is 2.33. The van der Waals surface area contributed by atoms with E-state index in [0.29, 0.717) is 19.0 Å². The van der Waals surface area contributed by atoms with Gasteiger partial charge >= 0.3 is 6.09 Å². The second-order valence-electron chi connectivity index (χ2n) is 8.15. The van der Waals surface area contributed by atoms with Crippen LogP contribution in [0.2, 0.25) is 0 Å². The number of ether oxygens (including phenoxy) is 1. The van der Waals surface area contributed by atoms with Crippen molar-refractivity contribution in [3.05, 3.63) is 0 Å². The lowest BCUT2D eigenvalue weighted by atomic mass is 9.92. The maximum Gasteiger partial charge on any atom is 0.410 e. The van der Waals surface area contributed by atoms with Gasteiger partial charge < -0.3 is 15.0 Å². The molecule has 122 valence electrons. The Hall–Kier alpha value is -1.26. The summed E-state index contributed by atoms with van der Waals surface area (Å²) in [6.07, 6.45) is 0.588. The first-order chi connectivity index (χ1) is 9.38. The number of rotatable bonds is 1. The highest BCUT2D eigenvalue weighted by Crippen LogP contribution is 2.21. The van der Waals surface area contributed by atoms with Crippen molar-refractivity contribution in [2.75, 3.05) is 13.1 Å². The van der Waals surface area contributed by atoms with Gasteiger partial charge in [0.2, 0.25) is 5.91 Å². The molecule has 1 aliphatic rings. The summed E-state index contributed by atoms with van der Waals surface area (Å²) in [5.41, 5.74) is -0.917. The van der Waals surface area contributed by atoms with Gasteiger partial charge in [-0.05, 0) is 33.1 Å². The molecule has 2 unspecified atom stereocenters. The first-order valence-electron chi connectivity index (χ1n) is 7.67. The Morgan fingerprint density at radius 1 is 1.10 bits per heavy atom. The molecule has 1 heterocycles. The van der Waals surface area contributed by atoms with E-state index in [9.17, 15) is 9.59 Å². The lowest BCUT2D eigenvalue weighted by molar-refractivity contribution is -0.129. The third kappa shape index (κ3) is 5.94. The molecular weight excluding hydrogens is 268 g/mol. The second kappa shape index (κ2) is 6.24. The summed E-state index contributed by atoms with van der Waals surface area (Å²) in [5, 5.41) is 3.05. The van der Waals surface area contributed by atoms with Crippen molar-refractivity contribution in [1.82, 2.24) is 10.2 Å². The third-order valence-corrected chi connectivity index (χ3v) is 3.33. The molecule has 2 atom stereocenters. The minimum absolute atomic E-state index is 0.00649. The van der Waals surface area contributed by atoms with Crippen molar-refractivity contribution in [3.63, 3.8) is 0 Å². The average Bonchev–Trinajstić information content (AvgIpc) is 2.24. The van der Waals surface area contributed by atoms with E-state index in [2.05, 4.69) is 12.2 Å². The van der Waals surface area contributed by atoms with Crippen LogP contribution < -0.4 is 5.32 Å². The van der Waals surface area contributed by atoms with Gasteiger partial charge in [0.25, 0.3) is 0 Å². The van der Waals surface area contributed by atoms with Gasteiger partial charge in [0, 0.05) is 24.5 Å². The van der Waals surface area contributed by atoms with Crippen molar-refractivity contribution in [1.29, 1.82) is 0 Å². The lowest BCUT2D eigenvalue weighted by Gasteiger charge is -2.38. The maximum absolute atomic E-state index is 12.2. The Morgan fingerprint density at radius 3 is 2.14 bits per heavy atom. The summed E-state index contributed by atoms with van der Waals surface area (Å²) >= 11 is 0. The summed E-state index contributed by atoms with van der Waals surface area (Å²) in [5.74, 6) is 0.363. The summed E-state index contributed by atoms with van der Waals surface area (Å²) in [4.78, 5) is 26.0. The average molecular weight is 298 g/mol. The van der Waals surface area contributed by atoms with E-state index >= 15 is 0 Å². The number of hydrogen-bond donors (Lipinski definition) is 1. The van der Waals surface area contributed by atoms with Crippen LogP contribution in [0.15, 0.2) is 0 Å². The zero-order valence-corrected chi connectivity index (χ0v) is 14.4. The quantitative estimate of drug-likeness (QED) is 0.810. The minimum Gasteiger partial charge on any atom is -0.444 e. The van der Waals surface area contributed by atoms with E-state index < -0.39 is 11.0 Å². The molecule has 0 aromatic rings. The first-order valence-corrected chi connectivity index (χ1v) is 7.67. The molecule has 0 bridgehead atoms. The number of hydrogen-bond acceptors (Lipinski definition) is 3. The fourth-order valence-electron chi connectivity index (χ4n) is 2.33. The van der Waals surface area contributed by atoms with Crippen molar-refractivity contribution in [2.24, 2.45) is 11.3 Å². The molecule has 5 heteroatoms. The van der Waals surface area contributed by atoms with Crippen LogP contribution in [-0.2, 0) is 9.53 Å². The van der Waals surface area contributed by atoms with Crippen LogP contribution in [-0.4, -0.2) is 41.6 Å². The van der Waals surface area contributed by atoms with Crippen LogP contribution in [0.4, 0.5) is 4.79 Å². The van der Waals surface area contributed by atoms with Gasteiger partial charge in [-0.25, -0.2) is 4.79 Å². The zero-order valence-electron chi connectivity index (χ0n) is 14.4. The number of piperidine rings is 1. The molecule has 0 radical (unpaired) electrons. The van der Waals surface area contributed by atoms with Gasteiger partial charge in [-0.1, -0.05) is 27.7 Å². The lowest BCUT2D eigenvalue weighted by Crippen LogP contribution is -2.54. The van der Waals surface area contributed by atoms with Crippen LogP contribution in [0.25, 0.3) is 0 Å². The molecule has 0 aliphatic carbocycles. The Morgan fingerprint density at radius 2 is 1.67 bits per heavy atom. The van der Waals surface area contributed by atoms with Crippen LogP contribution >= 0.6 is 0 Å². The maximum atomic E-state index is 12.2. The fraction of sp³-hybridized carbons (Fsp3) is 0.875. The van der Waals surface area contributed by atoms with Crippen molar-refractivity contribution in [3.8, 4) is 0 Å². The molecule has 0 aromatic heterocycles. The number of likely N-dealkylation sites (tertiary alicyclic amines) is 1. The van der Waals surface area contributed by atoms with E-state index in [-0.39, 0.29) is 18.0 Å². The van der Waals surface area contributed by atoms with Gasteiger partial charge in [-0.15, -0.1) is 0 Å². The molecule has 0 aromatic carbocycles. The molecule has 5 nitrogen and oxygen atoms in total. The van der Waals surface area contributed by atoms with Gasteiger partial charge in [-0.2, -0.15) is 0 Å². The zero-order chi connectivity index (χ0) is 16.4. The SMILES string of the molecule is CC1CC(NC(=O)C(C)(C)C)CN(C(=O)OC(C)(C)C)C1. The summed E-state index contributed by atoms with van der Waals surface area (Å²) in [7, 11) is 0. The van der Waals surface area contributed by atoms with E-state index in [4.69, 9.17) is 4.74 Å². The molecular formula is C16H30N2O3. The van der Waals surface area contributed by atoms with Crippen molar-refractivity contribution in [2.45, 2.75) is 66.5 Å². The monoisotopic (exact) mass is 298 g/mol. The van der Waals surface area contributed by atoms with Gasteiger partial charge in [0.15, 0.2) is 0 Å². The highest BCUT2D eigenvalue weighted by atomic mass is 16.6. The fourth-order valence-corrected chi connectivity index (χ4v) is 2.33. The van der Waals surface area contributed by atoms with Gasteiger partial charge in [0.1, 0.15) is 5.60 Å². The third-order valence-electron chi connectivity index (χ3n) is 3.33. The number of nitrogens with zero attached hydrogens (tertiary/aromatic N) is 1. The molecule has 21 heavy (non-hydrogen) atoms. The summed E-state index contributed by atoms with van der Waals surface area (Å²) in [6, 6.07) is -0.00649. The van der Waals surface area contributed by atoms with Crippen LogP contribution in [0.5, 0.6) is 0 Å². The molecule has 1 aliphatic heterocycles. The van der Waals surface area contributed by atoms with E-state index in [1.165, 1.54) is 0 Å². The Balaban J connectivity index is 2.66. The van der Waals surface area contributed by atoms with Crippen LogP contribution in [0, 0.1) is 11.3 Å². The van der Waals surface area contributed by atoms with Gasteiger partial charge in [-0.3, -0.25) is 4.79 Å². The Kier molecular flexibility index (Phi) is 5.29. The highest BCUT2D eigenvalue weighted by molar-refractivity contribution is 5.81. The predicted molar refractivity (Wildman–Crippen MR) is 83.0 cm³/mol. The van der Waals surface area contributed by atoms with Gasteiger partial charge in [0.05, 0.1) is 0 Å². The summed E-state index contributed by atoms with van der Waals surface area (Å²) < 4.78 is 5.42. The molecule has 2 amide bonds. The number of nitrogens with one attached hydrogen (secondary N) is 1. The predicted octanol–water partition coefficient (Wildman–Crippen LogP) is 2.79. The molecule has 1 saturated heterocycles. The largest absolute Gasteiger partial charge is 0.444 e. The number of amides is 2.